The van der Waals surface area contributed by atoms with Crippen LogP contribution in [0.3, 0.4) is 0 Å². The molecule has 140 valence electrons. The lowest BCUT2D eigenvalue weighted by Gasteiger charge is -2.21. The number of aryl methyl sites for hydroxylation is 2. The molecular formula is C22H21F2NO2. The van der Waals surface area contributed by atoms with Crippen LogP contribution in [0.2, 0.25) is 0 Å². The summed E-state index contributed by atoms with van der Waals surface area (Å²) in [4.78, 5) is 16.4. The highest BCUT2D eigenvalue weighted by Gasteiger charge is 2.27. The lowest BCUT2D eigenvalue weighted by Crippen LogP contribution is -2.15. The Kier molecular flexibility index (Phi) is 5.22. The standard InChI is InChI=1S/C22H21F2NO2/c1-4-5-15(22(26)27)20-13(3)25-19-11-18(24)17(23)10-16(19)21(20)14-8-6-12(2)7-9-14/h6-11,15H,4-5H2,1-3H3,(H,26,27). The molecule has 5 heteroatoms. The molecule has 0 fully saturated rings. The molecule has 3 nitrogen and oxygen atoms in total. The van der Waals surface area contributed by atoms with E-state index in [0.29, 0.717) is 40.6 Å². The molecule has 27 heavy (non-hydrogen) atoms. The third kappa shape index (κ3) is 3.54. The quantitative estimate of drug-likeness (QED) is 0.621. The van der Waals surface area contributed by atoms with E-state index in [1.54, 1.807) is 6.92 Å². The van der Waals surface area contributed by atoms with Crippen LogP contribution < -0.4 is 0 Å². The van der Waals surface area contributed by atoms with Gasteiger partial charge in [-0.15, -0.1) is 0 Å². The van der Waals surface area contributed by atoms with Gasteiger partial charge in [-0.2, -0.15) is 0 Å². The zero-order valence-electron chi connectivity index (χ0n) is 15.5. The van der Waals surface area contributed by atoms with Crippen LogP contribution in [0.4, 0.5) is 8.78 Å². The predicted octanol–water partition coefficient (Wildman–Crippen LogP) is 5.77. The van der Waals surface area contributed by atoms with Crippen LogP contribution >= 0.6 is 0 Å². The van der Waals surface area contributed by atoms with Crippen molar-refractivity contribution in [3.63, 3.8) is 0 Å². The molecule has 2 aromatic carbocycles. The first-order valence-corrected chi connectivity index (χ1v) is 8.92. The molecule has 0 saturated carbocycles. The summed E-state index contributed by atoms with van der Waals surface area (Å²) in [6.45, 7) is 5.59. The Morgan fingerprint density at radius 1 is 1.11 bits per heavy atom. The van der Waals surface area contributed by atoms with E-state index in [-0.39, 0.29) is 0 Å². The van der Waals surface area contributed by atoms with Gasteiger partial charge in [0.25, 0.3) is 0 Å². The maximum Gasteiger partial charge on any atom is 0.311 e. The zero-order chi connectivity index (χ0) is 19.7. The second-order valence-corrected chi connectivity index (χ2v) is 6.81. The first kappa shape index (κ1) is 19.0. The minimum absolute atomic E-state index is 0.311. The maximum atomic E-state index is 14.0. The van der Waals surface area contributed by atoms with E-state index in [0.717, 1.165) is 23.3 Å². The highest BCUT2D eigenvalue weighted by Crippen LogP contribution is 2.39. The number of nitrogens with zero attached hydrogens (tertiary/aromatic N) is 1. The van der Waals surface area contributed by atoms with Crippen LogP contribution in [0, 0.1) is 25.5 Å². The average Bonchev–Trinajstić information content (AvgIpc) is 2.61. The van der Waals surface area contributed by atoms with E-state index in [4.69, 9.17) is 0 Å². The first-order valence-electron chi connectivity index (χ1n) is 8.92. The number of carbonyl (C=O) groups is 1. The Morgan fingerprint density at radius 3 is 2.33 bits per heavy atom. The summed E-state index contributed by atoms with van der Waals surface area (Å²) in [6, 6.07) is 9.75. The van der Waals surface area contributed by atoms with Gasteiger partial charge in [-0.25, -0.2) is 8.78 Å². The van der Waals surface area contributed by atoms with Crippen molar-refractivity contribution < 1.29 is 18.7 Å². The molecule has 0 aliphatic rings. The van der Waals surface area contributed by atoms with E-state index in [9.17, 15) is 18.7 Å². The van der Waals surface area contributed by atoms with Crippen LogP contribution in [0.5, 0.6) is 0 Å². The van der Waals surface area contributed by atoms with E-state index < -0.39 is 23.5 Å². The van der Waals surface area contributed by atoms with Crippen molar-refractivity contribution in [2.75, 3.05) is 0 Å². The van der Waals surface area contributed by atoms with Gasteiger partial charge < -0.3 is 5.11 Å². The molecule has 0 amide bonds. The fourth-order valence-corrected chi connectivity index (χ4v) is 3.53. The molecule has 0 bridgehead atoms. The van der Waals surface area contributed by atoms with E-state index in [2.05, 4.69) is 4.98 Å². The molecule has 1 N–H and O–H groups in total. The summed E-state index contributed by atoms with van der Waals surface area (Å²) in [5, 5.41) is 10.2. The summed E-state index contributed by atoms with van der Waals surface area (Å²) in [7, 11) is 0. The van der Waals surface area contributed by atoms with Crippen LogP contribution in [0.15, 0.2) is 36.4 Å². The van der Waals surface area contributed by atoms with Gasteiger partial charge in [0.15, 0.2) is 11.6 Å². The first-order chi connectivity index (χ1) is 12.8. The van der Waals surface area contributed by atoms with Gasteiger partial charge in [-0.1, -0.05) is 43.2 Å². The van der Waals surface area contributed by atoms with Gasteiger partial charge in [0.2, 0.25) is 0 Å². The van der Waals surface area contributed by atoms with E-state index in [1.165, 1.54) is 0 Å². The molecule has 1 unspecified atom stereocenters. The Hall–Kier alpha value is -2.82. The molecule has 1 heterocycles. The second kappa shape index (κ2) is 7.43. The number of carboxylic acids is 1. The summed E-state index contributed by atoms with van der Waals surface area (Å²) in [5.41, 5.74) is 3.82. The third-order valence-corrected chi connectivity index (χ3v) is 4.82. The van der Waals surface area contributed by atoms with Gasteiger partial charge in [-0.3, -0.25) is 9.78 Å². The number of hydrogen-bond donors (Lipinski definition) is 1. The lowest BCUT2D eigenvalue weighted by atomic mass is 9.84. The molecule has 0 saturated heterocycles. The fraction of sp³-hybridized carbons (Fsp3) is 0.273. The smallest absolute Gasteiger partial charge is 0.311 e. The van der Waals surface area contributed by atoms with E-state index in [1.807, 2.05) is 38.1 Å². The molecule has 0 spiro atoms. The predicted molar refractivity (Wildman–Crippen MR) is 102 cm³/mol. The Balaban J connectivity index is 2.44. The van der Waals surface area contributed by atoms with Crippen molar-refractivity contribution in [1.29, 1.82) is 0 Å². The fourth-order valence-electron chi connectivity index (χ4n) is 3.53. The second-order valence-electron chi connectivity index (χ2n) is 6.81. The number of benzene rings is 2. The number of aromatic nitrogens is 1. The van der Waals surface area contributed by atoms with Crippen molar-refractivity contribution in [3.8, 4) is 11.1 Å². The molecule has 3 rings (SSSR count). The summed E-state index contributed by atoms with van der Waals surface area (Å²) in [5.74, 6) is -3.66. The van der Waals surface area contributed by atoms with Crippen LogP contribution in [0.25, 0.3) is 22.0 Å². The van der Waals surface area contributed by atoms with Gasteiger partial charge in [0.05, 0.1) is 11.4 Å². The summed E-state index contributed by atoms with van der Waals surface area (Å²) >= 11 is 0. The van der Waals surface area contributed by atoms with Crippen molar-refractivity contribution >= 4 is 16.9 Å². The number of pyridine rings is 1. The summed E-state index contributed by atoms with van der Waals surface area (Å²) < 4.78 is 27.8. The van der Waals surface area contributed by atoms with Crippen molar-refractivity contribution in [3.05, 3.63) is 64.9 Å². The molecular weight excluding hydrogens is 348 g/mol. The highest BCUT2D eigenvalue weighted by molar-refractivity contribution is 5.98. The van der Waals surface area contributed by atoms with Gasteiger partial charge >= 0.3 is 5.97 Å². The summed E-state index contributed by atoms with van der Waals surface area (Å²) in [6.07, 6.45) is 1.12. The number of hydrogen-bond acceptors (Lipinski definition) is 2. The SMILES string of the molecule is CCCC(C(=O)O)c1c(C)nc2cc(F)c(F)cc2c1-c1ccc(C)cc1. The Bertz CT molecular complexity index is 1010. The maximum absolute atomic E-state index is 14.0. The normalized spacial score (nSPS) is 12.3. The van der Waals surface area contributed by atoms with Crippen molar-refractivity contribution in [1.82, 2.24) is 4.98 Å². The van der Waals surface area contributed by atoms with Crippen LogP contribution in [-0.4, -0.2) is 16.1 Å². The largest absolute Gasteiger partial charge is 0.481 e. The van der Waals surface area contributed by atoms with Gasteiger partial charge in [0.1, 0.15) is 0 Å². The lowest BCUT2D eigenvalue weighted by molar-refractivity contribution is -0.139. The minimum Gasteiger partial charge on any atom is -0.481 e. The minimum atomic E-state index is -0.977. The molecule has 1 aromatic heterocycles. The number of halogens is 2. The average molecular weight is 369 g/mol. The van der Waals surface area contributed by atoms with Gasteiger partial charge in [-0.05, 0) is 43.0 Å². The highest BCUT2D eigenvalue weighted by atomic mass is 19.2. The number of fused-ring (bicyclic) bond motifs is 1. The monoisotopic (exact) mass is 369 g/mol. The molecule has 0 aliphatic heterocycles. The number of aliphatic carboxylic acids is 1. The number of carboxylic acid groups (broad SMARTS) is 1. The topological polar surface area (TPSA) is 50.2 Å². The molecule has 1 atom stereocenters. The van der Waals surface area contributed by atoms with Gasteiger partial charge in [0, 0.05) is 17.1 Å². The van der Waals surface area contributed by atoms with Crippen LogP contribution in [-0.2, 0) is 4.79 Å². The van der Waals surface area contributed by atoms with E-state index >= 15 is 0 Å². The van der Waals surface area contributed by atoms with Crippen molar-refractivity contribution in [2.45, 2.75) is 39.5 Å². The number of rotatable bonds is 5. The Morgan fingerprint density at radius 2 is 1.74 bits per heavy atom. The molecule has 0 aliphatic carbocycles. The van der Waals surface area contributed by atoms with Crippen LogP contribution in [0.1, 0.15) is 42.5 Å². The molecule has 0 radical (unpaired) electrons. The third-order valence-electron chi connectivity index (χ3n) is 4.82. The zero-order valence-corrected chi connectivity index (χ0v) is 15.5. The molecule has 3 aromatic rings. The van der Waals surface area contributed by atoms with Crippen molar-refractivity contribution in [2.24, 2.45) is 0 Å². The Labute approximate surface area is 156 Å².